The number of aryl methyl sites for hydroxylation is 2. The molecule has 0 spiro atoms. The minimum Gasteiger partial charge on any atom is -0.461 e. The smallest absolute Gasteiger partial charge is 0.254 e. The lowest BCUT2D eigenvalue weighted by Gasteiger charge is -2.33. The van der Waals surface area contributed by atoms with E-state index in [2.05, 4.69) is 4.98 Å². The number of nitrogen functional groups attached to an aromatic ring is 1. The summed E-state index contributed by atoms with van der Waals surface area (Å²) < 4.78 is 11.4. The van der Waals surface area contributed by atoms with Crippen molar-refractivity contribution in [2.45, 2.75) is 20.0 Å². The van der Waals surface area contributed by atoms with Gasteiger partial charge in [0.05, 0.1) is 18.8 Å². The molecule has 1 saturated heterocycles. The largest absolute Gasteiger partial charge is 0.461 e. The van der Waals surface area contributed by atoms with Crippen LogP contribution in [0.2, 0.25) is 0 Å². The Morgan fingerprint density at radius 1 is 1.23 bits per heavy atom. The topological polar surface area (TPSA) is 81.6 Å². The number of nitrogens with two attached hydrogens (primary N) is 1. The molecular formula is C20H21N3O3. The fourth-order valence-corrected chi connectivity index (χ4v) is 3.39. The van der Waals surface area contributed by atoms with Gasteiger partial charge < -0.3 is 19.8 Å². The molecule has 26 heavy (non-hydrogen) atoms. The van der Waals surface area contributed by atoms with E-state index in [1.165, 1.54) is 0 Å². The molecule has 1 aliphatic heterocycles. The molecule has 4 rings (SSSR count). The zero-order valence-corrected chi connectivity index (χ0v) is 14.9. The molecule has 2 N–H and O–H groups in total. The first-order valence-electron chi connectivity index (χ1n) is 8.65. The number of anilines is 1. The van der Waals surface area contributed by atoms with Crippen LogP contribution in [-0.4, -0.2) is 35.5 Å². The Labute approximate surface area is 151 Å². The van der Waals surface area contributed by atoms with Gasteiger partial charge in [-0.3, -0.25) is 9.78 Å². The second-order valence-corrected chi connectivity index (χ2v) is 6.69. The van der Waals surface area contributed by atoms with Gasteiger partial charge in [0.25, 0.3) is 5.91 Å². The summed E-state index contributed by atoms with van der Waals surface area (Å²) in [7, 11) is 0. The third kappa shape index (κ3) is 3.15. The van der Waals surface area contributed by atoms with Gasteiger partial charge in [-0.1, -0.05) is 0 Å². The van der Waals surface area contributed by atoms with Crippen LogP contribution in [0.4, 0.5) is 5.69 Å². The van der Waals surface area contributed by atoms with Gasteiger partial charge in [0.1, 0.15) is 17.4 Å². The van der Waals surface area contributed by atoms with E-state index >= 15 is 0 Å². The Hall–Kier alpha value is -2.86. The van der Waals surface area contributed by atoms with Gasteiger partial charge in [-0.05, 0) is 50.2 Å². The normalized spacial score (nSPS) is 17.6. The number of fused-ring (bicyclic) bond motifs is 1. The minimum atomic E-state index is -0.269. The van der Waals surface area contributed by atoms with Gasteiger partial charge in [0, 0.05) is 28.9 Å². The van der Waals surface area contributed by atoms with Crippen molar-refractivity contribution in [2.24, 2.45) is 0 Å². The molecule has 1 aromatic carbocycles. The first kappa shape index (κ1) is 16.6. The highest BCUT2D eigenvalue weighted by atomic mass is 16.5. The summed E-state index contributed by atoms with van der Waals surface area (Å²) >= 11 is 0. The number of amides is 1. The zero-order valence-electron chi connectivity index (χ0n) is 14.9. The Morgan fingerprint density at radius 2 is 2.08 bits per heavy atom. The molecule has 6 heteroatoms. The monoisotopic (exact) mass is 351 g/mol. The van der Waals surface area contributed by atoms with Crippen molar-refractivity contribution >= 4 is 22.6 Å². The SMILES string of the molecule is Cc1cc(N)cc([C@H]2CN(C(=O)c3ccc4oc(C)cc4c3)CCO2)n1. The van der Waals surface area contributed by atoms with Crippen LogP contribution in [0.15, 0.2) is 40.8 Å². The molecule has 3 heterocycles. The molecule has 2 aromatic heterocycles. The number of aromatic nitrogens is 1. The summed E-state index contributed by atoms with van der Waals surface area (Å²) in [5, 5.41) is 0.936. The predicted octanol–water partition coefficient (Wildman–Crippen LogP) is 3.24. The van der Waals surface area contributed by atoms with Crippen molar-refractivity contribution in [1.82, 2.24) is 9.88 Å². The van der Waals surface area contributed by atoms with Crippen LogP contribution in [0.3, 0.4) is 0 Å². The number of morpholine rings is 1. The van der Waals surface area contributed by atoms with E-state index in [4.69, 9.17) is 14.9 Å². The van der Waals surface area contributed by atoms with E-state index in [0.717, 1.165) is 28.1 Å². The molecule has 134 valence electrons. The van der Waals surface area contributed by atoms with Crippen molar-refractivity contribution in [3.63, 3.8) is 0 Å². The number of ether oxygens (including phenoxy) is 1. The van der Waals surface area contributed by atoms with Gasteiger partial charge in [-0.25, -0.2) is 0 Å². The number of hydrogen-bond acceptors (Lipinski definition) is 5. The molecule has 1 atom stereocenters. The second kappa shape index (κ2) is 6.46. The van der Waals surface area contributed by atoms with E-state index in [1.54, 1.807) is 6.07 Å². The highest BCUT2D eigenvalue weighted by molar-refractivity contribution is 5.98. The lowest BCUT2D eigenvalue weighted by Crippen LogP contribution is -2.42. The highest BCUT2D eigenvalue weighted by Crippen LogP contribution is 2.25. The Kier molecular flexibility index (Phi) is 4.12. The average molecular weight is 351 g/mol. The summed E-state index contributed by atoms with van der Waals surface area (Å²) in [4.78, 5) is 19.3. The number of rotatable bonds is 2. The van der Waals surface area contributed by atoms with Gasteiger partial charge in [-0.2, -0.15) is 0 Å². The molecule has 0 aliphatic carbocycles. The summed E-state index contributed by atoms with van der Waals surface area (Å²) in [5.74, 6) is 0.818. The Bertz CT molecular complexity index is 959. The Balaban J connectivity index is 1.57. The van der Waals surface area contributed by atoms with Crippen LogP contribution < -0.4 is 5.73 Å². The highest BCUT2D eigenvalue weighted by Gasteiger charge is 2.27. The molecule has 6 nitrogen and oxygen atoms in total. The number of nitrogens with zero attached hydrogens (tertiary/aromatic N) is 2. The lowest BCUT2D eigenvalue weighted by atomic mass is 10.1. The summed E-state index contributed by atoms with van der Waals surface area (Å²) in [6.07, 6.45) is -0.269. The number of benzene rings is 1. The maximum Gasteiger partial charge on any atom is 0.254 e. The summed E-state index contributed by atoms with van der Waals surface area (Å²) in [6, 6.07) is 11.1. The first-order chi connectivity index (χ1) is 12.5. The third-order valence-corrected chi connectivity index (χ3v) is 4.57. The predicted molar refractivity (Wildman–Crippen MR) is 98.9 cm³/mol. The molecule has 0 unspecified atom stereocenters. The van der Waals surface area contributed by atoms with Crippen LogP contribution in [0.5, 0.6) is 0 Å². The molecule has 0 radical (unpaired) electrons. The molecular weight excluding hydrogens is 330 g/mol. The van der Waals surface area contributed by atoms with E-state index < -0.39 is 0 Å². The summed E-state index contributed by atoms with van der Waals surface area (Å²) in [5.41, 5.74) is 9.62. The van der Waals surface area contributed by atoms with Gasteiger partial charge in [-0.15, -0.1) is 0 Å². The quantitative estimate of drug-likeness (QED) is 0.766. The van der Waals surface area contributed by atoms with Gasteiger partial charge in [0.2, 0.25) is 0 Å². The van der Waals surface area contributed by atoms with E-state index in [1.807, 2.05) is 49.1 Å². The molecule has 1 amide bonds. The summed E-state index contributed by atoms with van der Waals surface area (Å²) in [6.45, 7) is 5.28. The molecule has 0 saturated carbocycles. The van der Waals surface area contributed by atoms with E-state index in [0.29, 0.717) is 30.9 Å². The van der Waals surface area contributed by atoms with Crippen molar-refractivity contribution < 1.29 is 13.9 Å². The minimum absolute atomic E-state index is 0.0142. The molecule has 3 aromatic rings. The number of pyridine rings is 1. The number of carbonyl (C=O) groups excluding carboxylic acids is 1. The number of carbonyl (C=O) groups is 1. The van der Waals surface area contributed by atoms with E-state index in [-0.39, 0.29) is 12.0 Å². The third-order valence-electron chi connectivity index (χ3n) is 4.57. The lowest BCUT2D eigenvalue weighted by molar-refractivity contribution is -0.0247. The van der Waals surface area contributed by atoms with Crippen LogP contribution in [-0.2, 0) is 4.74 Å². The van der Waals surface area contributed by atoms with Crippen LogP contribution in [0.25, 0.3) is 11.0 Å². The van der Waals surface area contributed by atoms with Crippen LogP contribution >= 0.6 is 0 Å². The number of hydrogen-bond donors (Lipinski definition) is 1. The fraction of sp³-hybridized carbons (Fsp3) is 0.300. The number of furan rings is 1. The van der Waals surface area contributed by atoms with Gasteiger partial charge >= 0.3 is 0 Å². The van der Waals surface area contributed by atoms with Crippen LogP contribution in [0, 0.1) is 13.8 Å². The van der Waals surface area contributed by atoms with Crippen molar-refractivity contribution in [3.05, 3.63) is 59.1 Å². The Morgan fingerprint density at radius 3 is 2.88 bits per heavy atom. The standard InChI is InChI=1S/C20H21N3O3/c1-12-7-16(21)10-17(22-12)19-11-23(5-6-25-19)20(24)14-3-4-18-15(9-14)8-13(2)26-18/h3-4,7-10,19H,5-6,11H2,1-2H3,(H2,21,22)/t19-/m1/s1. The first-order valence-corrected chi connectivity index (χ1v) is 8.65. The van der Waals surface area contributed by atoms with Crippen molar-refractivity contribution in [1.29, 1.82) is 0 Å². The average Bonchev–Trinajstić information content (AvgIpc) is 2.99. The zero-order chi connectivity index (χ0) is 18.3. The molecule has 0 bridgehead atoms. The second-order valence-electron chi connectivity index (χ2n) is 6.69. The maximum atomic E-state index is 13.0. The van der Waals surface area contributed by atoms with E-state index in [9.17, 15) is 4.79 Å². The maximum absolute atomic E-state index is 13.0. The van der Waals surface area contributed by atoms with Crippen molar-refractivity contribution in [2.75, 3.05) is 25.4 Å². The molecule has 1 aliphatic rings. The molecule has 1 fully saturated rings. The van der Waals surface area contributed by atoms with Crippen molar-refractivity contribution in [3.8, 4) is 0 Å². The fourth-order valence-electron chi connectivity index (χ4n) is 3.39. The van der Waals surface area contributed by atoms with Crippen LogP contribution in [0.1, 0.15) is 33.6 Å². The van der Waals surface area contributed by atoms with Gasteiger partial charge in [0.15, 0.2) is 0 Å².